The molecule has 4 aromatic rings. The van der Waals surface area contributed by atoms with Gasteiger partial charge >= 0.3 is 0 Å². The average molecular weight is 375 g/mol. The van der Waals surface area contributed by atoms with Crippen molar-refractivity contribution in [2.24, 2.45) is 0 Å². The van der Waals surface area contributed by atoms with E-state index in [9.17, 15) is 4.79 Å². The molecule has 3 heterocycles. The number of carbonyl (C=O) groups is 1. The quantitative estimate of drug-likeness (QED) is 0.506. The van der Waals surface area contributed by atoms with Gasteiger partial charge in [0.1, 0.15) is 0 Å². The zero-order valence-corrected chi connectivity index (χ0v) is 15.3. The number of amides is 1. The number of nitrogens with one attached hydrogen (secondary N) is 1. The van der Waals surface area contributed by atoms with Crippen LogP contribution in [0.2, 0.25) is 0 Å². The molecule has 6 nitrogen and oxygen atoms in total. The highest BCUT2D eigenvalue weighted by molar-refractivity contribution is 7.13. The van der Waals surface area contributed by atoms with E-state index in [1.54, 1.807) is 21.9 Å². The van der Waals surface area contributed by atoms with Crippen molar-refractivity contribution in [1.29, 1.82) is 0 Å². The van der Waals surface area contributed by atoms with Crippen LogP contribution in [-0.2, 0) is 4.79 Å². The van der Waals surface area contributed by atoms with Crippen molar-refractivity contribution in [2.75, 3.05) is 5.32 Å². The van der Waals surface area contributed by atoms with Gasteiger partial charge in [-0.2, -0.15) is 9.61 Å². The maximum absolute atomic E-state index is 11.9. The van der Waals surface area contributed by atoms with Crippen LogP contribution in [0.1, 0.15) is 12.8 Å². The molecule has 3 aromatic heterocycles. The van der Waals surface area contributed by atoms with E-state index in [1.807, 2.05) is 53.9 Å². The number of hydrogen-bond acceptors (Lipinski definition) is 5. The molecular formula is C20H17N5OS. The molecule has 27 heavy (non-hydrogen) atoms. The smallest absolute Gasteiger partial charge is 0.224 e. The fourth-order valence-electron chi connectivity index (χ4n) is 2.72. The van der Waals surface area contributed by atoms with E-state index in [2.05, 4.69) is 22.1 Å². The zero-order valence-electron chi connectivity index (χ0n) is 14.5. The van der Waals surface area contributed by atoms with Crippen LogP contribution in [0.3, 0.4) is 0 Å². The molecule has 0 unspecified atom stereocenters. The van der Waals surface area contributed by atoms with Crippen molar-refractivity contribution in [2.45, 2.75) is 12.8 Å². The number of hydrogen-bond donors (Lipinski definition) is 1. The molecule has 0 atom stereocenters. The van der Waals surface area contributed by atoms with E-state index in [0.717, 1.165) is 27.6 Å². The summed E-state index contributed by atoms with van der Waals surface area (Å²) < 4.78 is 1.75. The van der Waals surface area contributed by atoms with E-state index >= 15 is 0 Å². The minimum absolute atomic E-state index is 0.0331. The highest BCUT2D eigenvalue weighted by atomic mass is 32.1. The molecule has 0 bridgehead atoms. The Labute approximate surface area is 160 Å². The summed E-state index contributed by atoms with van der Waals surface area (Å²) in [5.74, 6) is 0.685. The maximum Gasteiger partial charge on any atom is 0.224 e. The Hall–Kier alpha value is -3.32. The lowest BCUT2D eigenvalue weighted by atomic mass is 10.1. The fourth-order valence-corrected chi connectivity index (χ4v) is 3.41. The van der Waals surface area contributed by atoms with Crippen LogP contribution in [0, 0.1) is 0 Å². The highest BCUT2D eigenvalue weighted by Gasteiger charge is 2.12. The summed E-state index contributed by atoms with van der Waals surface area (Å²) in [5.41, 5.74) is 3.12. The van der Waals surface area contributed by atoms with Gasteiger partial charge in [-0.3, -0.25) is 4.79 Å². The van der Waals surface area contributed by atoms with Crippen LogP contribution in [0.5, 0.6) is 0 Å². The average Bonchev–Trinajstić information content (AvgIpc) is 3.35. The molecule has 0 spiro atoms. The Morgan fingerprint density at radius 1 is 1.19 bits per heavy atom. The van der Waals surface area contributed by atoms with Crippen molar-refractivity contribution >= 4 is 28.6 Å². The van der Waals surface area contributed by atoms with Gasteiger partial charge in [0.05, 0.1) is 10.6 Å². The summed E-state index contributed by atoms with van der Waals surface area (Å²) in [6.45, 7) is 3.64. The minimum Gasteiger partial charge on any atom is -0.326 e. The molecular weight excluding hydrogens is 358 g/mol. The number of benzene rings is 1. The summed E-state index contributed by atoms with van der Waals surface area (Å²) in [7, 11) is 0. The summed E-state index contributed by atoms with van der Waals surface area (Å²) in [6.07, 6.45) is 2.81. The Kier molecular flexibility index (Phi) is 4.76. The topological polar surface area (TPSA) is 72.2 Å². The van der Waals surface area contributed by atoms with Crippen LogP contribution < -0.4 is 5.32 Å². The van der Waals surface area contributed by atoms with Crippen molar-refractivity contribution in [3.05, 3.63) is 66.6 Å². The third-order valence-electron chi connectivity index (χ3n) is 4.02. The van der Waals surface area contributed by atoms with E-state index in [-0.39, 0.29) is 5.91 Å². The molecule has 7 heteroatoms. The van der Waals surface area contributed by atoms with Crippen molar-refractivity contribution in [3.8, 4) is 22.0 Å². The monoisotopic (exact) mass is 375 g/mol. The van der Waals surface area contributed by atoms with E-state index in [1.165, 1.54) is 0 Å². The number of carbonyl (C=O) groups excluding carboxylic acids is 1. The SMILES string of the molecule is C=CCCC(=O)Nc1cccc(-c2ccc3nnc(-c4cccs4)n3n2)c1. The van der Waals surface area contributed by atoms with Crippen LogP contribution in [-0.4, -0.2) is 25.7 Å². The second kappa shape index (κ2) is 7.51. The fraction of sp³-hybridized carbons (Fsp3) is 0.100. The largest absolute Gasteiger partial charge is 0.326 e. The van der Waals surface area contributed by atoms with Crippen LogP contribution in [0.4, 0.5) is 5.69 Å². The number of aromatic nitrogens is 4. The molecule has 0 radical (unpaired) electrons. The van der Waals surface area contributed by atoms with E-state index in [4.69, 9.17) is 5.10 Å². The number of fused-ring (bicyclic) bond motifs is 1. The first-order chi connectivity index (χ1) is 13.2. The number of allylic oxidation sites excluding steroid dienone is 1. The van der Waals surface area contributed by atoms with Crippen LogP contribution in [0.25, 0.3) is 27.6 Å². The zero-order chi connectivity index (χ0) is 18.6. The third kappa shape index (κ3) is 3.63. The van der Waals surface area contributed by atoms with Gasteiger partial charge in [0.2, 0.25) is 5.91 Å². The molecule has 134 valence electrons. The molecule has 0 aliphatic carbocycles. The summed E-state index contributed by atoms with van der Waals surface area (Å²) in [5, 5.41) is 18.1. The molecule has 0 aliphatic heterocycles. The lowest BCUT2D eigenvalue weighted by Crippen LogP contribution is -2.10. The standard InChI is InChI=1S/C20H17N5OS/c1-2-3-9-19(26)21-15-7-4-6-14(13-15)16-10-11-18-22-23-20(25(18)24-16)17-8-5-12-27-17/h2,4-8,10-13H,1,3,9H2,(H,21,26). The van der Waals surface area contributed by atoms with Gasteiger partial charge in [-0.15, -0.1) is 28.1 Å². The van der Waals surface area contributed by atoms with Crippen LogP contribution >= 0.6 is 11.3 Å². The van der Waals surface area contributed by atoms with Gasteiger partial charge in [0.25, 0.3) is 0 Å². The first-order valence-electron chi connectivity index (χ1n) is 8.52. The maximum atomic E-state index is 11.9. The first-order valence-corrected chi connectivity index (χ1v) is 9.40. The molecule has 0 saturated heterocycles. The van der Waals surface area contributed by atoms with E-state index < -0.39 is 0 Å². The molecule has 0 fully saturated rings. The number of anilines is 1. The van der Waals surface area contributed by atoms with Gasteiger partial charge in [-0.05, 0) is 42.1 Å². The predicted octanol–water partition coefficient (Wildman–Crippen LogP) is 4.42. The van der Waals surface area contributed by atoms with Gasteiger partial charge in [-0.25, -0.2) is 0 Å². The first kappa shape index (κ1) is 17.1. The second-order valence-corrected chi connectivity index (χ2v) is 6.89. The number of nitrogens with zero attached hydrogens (tertiary/aromatic N) is 4. The molecule has 0 saturated carbocycles. The predicted molar refractivity (Wildman–Crippen MR) is 108 cm³/mol. The third-order valence-corrected chi connectivity index (χ3v) is 4.89. The molecule has 4 rings (SSSR count). The second-order valence-electron chi connectivity index (χ2n) is 5.95. The van der Waals surface area contributed by atoms with E-state index in [0.29, 0.717) is 18.5 Å². The molecule has 1 aromatic carbocycles. The lowest BCUT2D eigenvalue weighted by molar-refractivity contribution is -0.116. The number of thiophene rings is 1. The van der Waals surface area contributed by atoms with Gasteiger partial charge < -0.3 is 5.32 Å². The van der Waals surface area contributed by atoms with Gasteiger partial charge in [0.15, 0.2) is 11.5 Å². The highest BCUT2D eigenvalue weighted by Crippen LogP contribution is 2.25. The lowest BCUT2D eigenvalue weighted by Gasteiger charge is -2.07. The summed E-state index contributed by atoms with van der Waals surface area (Å²) in [6, 6.07) is 15.4. The summed E-state index contributed by atoms with van der Waals surface area (Å²) >= 11 is 1.60. The minimum atomic E-state index is -0.0331. The Morgan fingerprint density at radius 3 is 2.93 bits per heavy atom. The Balaban J connectivity index is 1.66. The normalized spacial score (nSPS) is 10.8. The van der Waals surface area contributed by atoms with Gasteiger partial charge in [0, 0.05) is 17.7 Å². The van der Waals surface area contributed by atoms with Crippen molar-refractivity contribution in [1.82, 2.24) is 19.8 Å². The Morgan fingerprint density at radius 2 is 2.11 bits per heavy atom. The Bertz CT molecular complexity index is 1100. The van der Waals surface area contributed by atoms with Crippen molar-refractivity contribution < 1.29 is 4.79 Å². The van der Waals surface area contributed by atoms with Crippen LogP contribution in [0.15, 0.2) is 66.6 Å². The van der Waals surface area contributed by atoms with Crippen molar-refractivity contribution in [3.63, 3.8) is 0 Å². The number of rotatable bonds is 6. The molecule has 1 amide bonds. The van der Waals surface area contributed by atoms with Gasteiger partial charge in [-0.1, -0.05) is 24.3 Å². The molecule has 1 N–H and O–H groups in total. The molecule has 0 aliphatic rings. The summed E-state index contributed by atoms with van der Waals surface area (Å²) in [4.78, 5) is 13.0.